The van der Waals surface area contributed by atoms with E-state index in [-0.39, 0.29) is 17.9 Å². The number of aryl methyl sites for hydroxylation is 2. The van der Waals surface area contributed by atoms with Crippen molar-refractivity contribution in [3.05, 3.63) is 76.5 Å². The first-order valence-corrected chi connectivity index (χ1v) is 13.1. The molecule has 1 heterocycles. The second-order valence-corrected chi connectivity index (χ2v) is 11.2. The van der Waals surface area contributed by atoms with Crippen LogP contribution >= 0.6 is 0 Å². The minimum absolute atomic E-state index is 0.0959. The number of ether oxygens (including phenoxy) is 1. The maximum absolute atomic E-state index is 11.2. The number of benzene rings is 2. The third-order valence-electron chi connectivity index (χ3n) is 7.67. The van der Waals surface area contributed by atoms with Gasteiger partial charge in [0.25, 0.3) is 0 Å². The number of aliphatic hydroxyl groups is 1. The number of aliphatic carboxylic acids is 1. The molecule has 6 nitrogen and oxygen atoms in total. The molecule has 194 valence electrons. The van der Waals surface area contributed by atoms with Gasteiger partial charge in [-0.2, -0.15) is 0 Å². The molecule has 0 bridgehead atoms. The Morgan fingerprint density at radius 2 is 1.92 bits per heavy atom. The van der Waals surface area contributed by atoms with Crippen LogP contribution in [-0.2, 0) is 11.2 Å². The predicted octanol–water partition coefficient (Wildman–Crippen LogP) is 6.19. The van der Waals surface area contributed by atoms with E-state index < -0.39 is 11.6 Å². The normalized spacial score (nSPS) is 20.4. The number of anilines is 1. The average Bonchev–Trinajstić information content (AvgIpc) is 3.53. The molecular weight excluding hydrogens is 464 g/mol. The fourth-order valence-electron chi connectivity index (χ4n) is 5.61. The fourth-order valence-corrected chi connectivity index (χ4v) is 5.61. The summed E-state index contributed by atoms with van der Waals surface area (Å²) in [5.41, 5.74) is 7.84. The van der Waals surface area contributed by atoms with Crippen LogP contribution in [0.2, 0.25) is 0 Å². The molecule has 5 rings (SSSR count). The fraction of sp³-hybridized carbons (Fsp3) is 0.419. The van der Waals surface area contributed by atoms with E-state index in [0.29, 0.717) is 19.4 Å². The molecule has 0 aliphatic heterocycles. The number of aromatic nitrogens is 1. The van der Waals surface area contributed by atoms with Gasteiger partial charge in [0.2, 0.25) is 0 Å². The number of fused-ring (bicyclic) bond motifs is 1. The highest BCUT2D eigenvalue weighted by atomic mass is 16.5. The van der Waals surface area contributed by atoms with Crippen molar-refractivity contribution in [1.29, 1.82) is 0 Å². The Morgan fingerprint density at radius 3 is 2.54 bits per heavy atom. The minimum Gasteiger partial charge on any atom is -0.493 e. The Labute approximate surface area is 218 Å². The van der Waals surface area contributed by atoms with Gasteiger partial charge < -0.3 is 20.3 Å². The second kappa shape index (κ2) is 9.82. The van der Waals surface area contributed by atoms with E-state index in [4.69, 9.17) is 4.74 Å². The Bertz CT molecular complexity index is 1290. The van der Waals surface area contributed by atoms with Gasteiger partial charge in [-0.05, 0) is 110 Å². The summed E-state index contributed by atoms with van der Waals surface area (Å²) in [5, 5.41) is 22.7. The number of nitrogens with zero attached hydrogens (tertiary/aromatic N) is 1. The molecule has 37 heavy (non-hydrogen) atoms. The van der Waals surface area contributed by atoms with E-state index >= 15 is 0 Å². The Morgan fingerprint density at radius 1 is 1.16 bits per heavy atom. The van der Waals surface area contributed by atoms with Gasteiger partial charge in [0.05, 0.1) is 24.2 Å². The van der Waals surface area contributed by atoms with Crippen molar-refractivity contribution >= 4 is 11.8 Å². The van der Waals surface area contributed by atoms with Gasteiger partial charge in [-0.3, -0.25) is 4.79 Å². The van der Waals surface area contributed by atoms with Gasteiger partial charge >= 0.3 is 5.97 Å². The zero-order chi connectivity index (χ0) is 26.3. The molecule has 2 aliphatic rings. The highest BCUT2D eigenvalue weighted by Crippen LogP contribution is 2.47. The van der Waals surface area contributed by atoms with Gasteiger partial charge in [0.15, 0.2) is 0 Å². The maximum atomic E-state index is 11.2. The summed E-state index contributed by atoms with van der Waals surface area (Å²) in [7, 11) is 0. The zero-order valence-corrected chi connectivity index (χ0v) is 22.0. The van der Waals surface area contributed by atoms with Crippen molar-refractivity contribution < 1.29 is 19.7 Å². The first-order valence-electron chi connectivity index (χ1n) is 13.1. The van der Waals surface area contributed by atoms with E-state index in [9.17, 15) is 15.0 Å². The number of carboxylic acids is 1. The second-order valence-electron chi connectivity index (χ2n) is 11.2. The summed E-state index contributed by atoms with van der Waals surface area (Å²) in [4.78, 5) is 15.8. The number of pyridine rings is 1. The molecule has 3 aromatic rings. The first-order chi connectivity index (χ1) is 17.6. The molecule has 0 radical (unpaired) electrons. The van der Waals surface area contributed by atoms with Crippen LogP contribution in [0.4, 0.5) is 5.82 Å². The van der Waals surface area contributed by atoms with Gasteiger partial charge in [-0.15, -0.1) is 0 Å². The number of hydrogen-bond acceptors (Lipinski definition) is 5. The molecule has 2 aliphatic carbocycles. The van der Waals surface area contributed by atoms with Crippen LogP contribution in [0.1, 0.15) is 72.9 Å². The Hall–Kier alpha value is -3.38. The first kappa shape index (κ1) is 25.3. The summed E-state index contributed by atoms with van der Waals surface area (Å²) in [6.07, 6.45) is 5.09. The smallest absolute Gasteiger partial charge is 0.307 e. The summed E-state index contributed by atoms with van der Waals surface area (Å²) >= 11 is 0. The Balaban J connectivity index is 1.32. The minimum atomic E-state index is -0.739. The van der Waals surface area contributed by atoms with Crippen molar-refractivity contribution in [1.82, 2.24) is 4.98 Å². The standard InChI is InChI=1S/C31H36N2O4/c1-18-14-21(37-13-12-31(3,4)36)15-19(2)29(18)24-7-5-6-23-22(24)9-10-27(23)33-28-11-8-20(17-32-28)25-16-26(25)30(34)35/h5-8,11,14-15,17,25-27,36H,9-10,12-13,16H2,1-4H3,(H,32,33)(H,34,35)/t25-,26+,27-/m1/s1. The predicted molar refractivity (Wildman–Crippen MR) is 145 cm³/mol. The van der Waals surface area contributed by atoms with Crippen molar-refractivity contribution in [2.75, 3.05) is 11.9 Å². The van der Waals surface area contributed by atoms with Crippen molar-refractivity contribution in [3.63, 3.8) is 0 Å². The van der Waals surface area contributed by atoms with Crippen LogP contribution in [0.15, 0.2) is 48.7 Å². The third kappa shape index (κ3) is 5.49. The molecule has 1 aromatic heterocycles. The van der Waals surface area contributed by atoms with E-state index in [0.717, 1.165) is 30.0 Å². The summed E-state index contributed by atoms with van der Waals surface area (Å²) in [6, 6.07) is 14.9. The lowest BCUT2D eigenvalue weighted by molar-refractivity contribution is -0.138. The zero-order valence-electron chi connectivity index (χ0n) is 22.0. The van der Waals surface area contributed by atoms with Crippen molar-refractivity contribution in [2.45, 2.75) is 70.9 Å². The van der Waals surface area contributed by atoms with Crippen molar-refractivity contribution in [3.8, 4) is 16.9 Å². The molecule has 2 aromatic carbocycles. The summed E-state index contributed by atoms with van der Waals surface area (Å²) < 4.78 is 5.95. The number of rotatable bonds is 9. The molecule has 0 amide bonds. The van der Waals surface area contributed by atoms with Gasteiger partial charge in [0.1, 0.15) is 11.6 Å². The van der Waals surface area contributed by atoms with Crippen LogP contribution in [0.3, 0.4) is 0 Å². The largest absolute Gasteiger partial charge is 0.493 e. The van der Waals surface area contributed by atoms with E-state index in [1.807, 2.05) is 18.3 Å². The molecule has 3 N–H and O–H groups in total. The monoisotopic (exact) mass is 500 g/mol. The molecule has 1 saturated carbocycles. The van der Waals surface area contributed by atoms with Crippen molar-refractivity contribution in [2.24, 2.45) is 5.92 Å². The van der Waals surface area contributed by atoms with Crippen LogP contribution in [0.5, 0.6) is 5.75 Å². The quantitative estimate of drug-likeness (QED) is 0.324. The van der Waals surface area contributed by atoms with Crippen LogP contribution in [0, 0.1) is 19.8 Å². The highest BCUT2D eigenvalue weighted by molar-refractivity contribution is 5.77. The number of nitrogens with one attached hydrogen (secondary N) is 1. The maximum Gasteiger partial charge on any atom is 0.307 e. The third-order valence-corrected chi connectivity index (χ3v) is 7.67. The summed E-state index contributed by atoms with van der Waals surface area (Å²) in [5.74, 6) is 0.772. The summed E-state index contributed by atoms with van der Waals surface area (Å²) in [6.45, 7) is 8.34. The molecule has 0 unspecified atom stereocenters. The molecular formula is C31H36N2O4. The molecule has 3 atom stereocenters. The Kier molecular flexibility index (Phi) is 6.71. The SMILES string of the molecule is Cc1cc(OCCC(C)(C)O)cc(C)c1-c1cccc2c1CC[C@H]2Nc1ccc([C@H]2C[C@@H]2C(=O)O)cn1. The number of carboxylic acid groups (broad SMARTS) is 1. The molecule has 6 heteroatoms. The van der Waals surface area contributed by atoms with Crippen LogP contribution in [-0.4, -0.2) is 33.4 Å². The topological polar surface area (TPSA) is 91.7 Å². The van der Waals surface area contributed by atoms with Gasteiger partial charge in [0, 0.05) is 12.6 Å². The van der Waals surface area contributed by atoms with Crippen LogP contribution < -0.4 is 10.1 Å². The van der Waals surface area contributed by atoms with E-state index in [1.54, 1.807) is 13.8 Å². The van der Waals surface area contributed by atoms with E-state index in [2.05, 4.69) is 54.5 Å². The average molecular weight is 501 g/mol. The lowest BCUT2D eigenvalue weighted by Gasteiger charge is -2.20. The number of hydrogen-bond donors (Lipinski definition) is 3. The van der Waals surface area contributed by atoms with Gasteiger partial charge in [-0.25, -0.2) is 4.98 Å². The molecule has 1 fully saturated rings. The van der Waals surface area contributed by atoms with Crippen LogP contribution in [0.25, 0.3) is 11.1 Å². The molecule has 0 spiro atoms. The van der Waals surface area contributed by atoms with Gasteiger partial charge in [-0.1, -0.05) is 24.3 Å². The number of carbonyl (C=O) groups is 1. The molecule has 0 saturated heterocycles. The van der Waals surface area contributed by atoms with E-state index in [1.165, 1.54) is 33.4 Å². The highest BCUT2D eigenvalue weighted by Gasteiger charge is 2.44. The lowest BCUT2D eigenvalue weighted by atomic mass is 9.90. The lowest BCUT2D eigenvalue weighted by Crippen LogP contribution is -2.21.